The molecule has 2 fully saturated rings. The third-order valence-electron chi connectivity index (χ3n) is 6.10. The van der Waals surface area contributed by atoms with E-state index in [4.69, 9.17) is 0 Å². The van der Waals surface area contributed by atoms with Gasteiger partial charge in [0.15, 0.2) is 0 Å². The number of carbonyl (C=O) groups is 1. The van der Waals surface area contributed by atoms with E-state index in [2.05, 4.69) is 10.2 Å². The van der Waals surface area contributed by atoms with Crippen LogP contribution in [0.1, 0.15) is 34.3 Å². The van der Waals surface area contributed by atoms with Crippen LogP contribution in [0.15, 0.2) is 48.5 Å². The molecular weight excluding hydrogens is 398 g/mol. The second-order valence-corrected chi connectivity index (χ2v) is 7.81. The maximum atomic E-state index is 14.1. The van der Waals surface area contributed by atoms with E-state index in [9.17, 15) is 22.4 Å². The molecule has 2 heterocycles. The molecule has 0 atom stereocenters. The number of carbonyl (C=O) groups excluding carboxylic acids is 1. The number of hydrogen-bond acceptors (Lipinski definition) is 3. The van der Waals surface area contributed by atoms with Crippen LogP contribution < -0.4 is 5.32 Å². The molecule has 2 saturated heterocycles. The summed E-state index contributed by atoms with van der Waals surface area (Å²) in [5.74, 6) is -0.854. The average molecular weight is 421 g/mol. The average Bonchev–Trinajstić information content (AvgIpc) is 3.11. The number of likely N-dealkylation sites (tertiary alicyclic amines) is 1. The van der Waals surface area contributed by atoms with E-state index in [1.807, 2.05) is 0 Å². The molecule has 1 amide bonds. The number of halogens is 4. The summed E-state index contributed by atoms with van der Waals surface area (Å²) in [6.45, 7) is 2.63. The van der Waals surface area contributed by atoms with E-state index < -0.39 is 17.6 Å². The van der Waals surface area contributed by atoms with E-state index in [0.717, 1.165) is 19.2 Å². The molecule has 0 aromatic heterocycles. The van der Waals surface area contributed by atoms with Gasteiger partial charge in [-0.3, -0.25) is 15.0 Å². The minimum atomic E-state index is -4.58. The monoisotopic (exact) mass is 421 g/mol. The van der Waals surface area contributed by atoms with Crippen LogP contribution in [-0.2, 0) is 12.7 Å². The Balaban J connectivity index is 1.47. The largest absolute Gasteiger partial charge is 0.417 e. The quantitative estimate of drug-likeness (QED) is 0.764. The Bertz CT molecular complexity index is 923. The van der Waals surface area contributed by atoms with Gasteiger partial charge in [-0.15, -0.1) is 0 Å². The van der Waals surface area contributed by atoms with Gasteiger partial charge in [-0.2, -0.15) is 13.2 Å². The number of nitrogens with zero attached hydrogens (tertiary/aromatic N) is 2. The summed E-state index contributed by atoms with van der Waals surface area (Å²) < 4.78 is 54.0. The summed E-state index contributed by atoms with van der Waals surface area (Å²) in [5.41, 5.74) is -0.986. The van der Waals surface area contributed by atoms with E-state index in [1.165, 1.54) is 29.2 Å². The highest BCUT2D eigenvalue weighted by Gasteiger charge is 2.44. The molecule has 8 heteroatoms. The van der Waals surface area contributed by atoms with Crippen molar-refractivity contribution in [3.05, 3.63) is 71.0 Å². The Morgan fingerprint density at radius 2 is 1.67 bits per heavy atom. The van der Waals surface area contributed by atoms with Crippen molar-refractivity contribution in [2.45, 2.75) is 31.2 Å². The zero-order chi connectivity index (χ0) is 21.4. The first-order valence-corrected chi connectivity index (χ1v) is 9.99. The Morgan fingerprint density at radius 1 is 1.00 bits per heavy atom. The highest BCUT2D eigenvalue weighted by atomic mass is 19.4. The number of nitrogens with one attached hydrogen (secondary N) is 1. The highest BCUT2D eigenvalue weighted by molar-refractivity contribution is 5.96. The molecule has 30 heavy (non-hydrogen) atoms. The lowest BCUT2D eigenvalue weighted by atomic mass is 9.94. The Labute approximate surface area is 172 Å². The summed E-state index contributed by atoms with van der Waals surface area (Å²) in [6, 6.07) is 11.5. The zero-order valence-corrected chi connectivity index (χ0v) is 16.4. The summed E-state index contributed by atoms with van der Waals surface area (Å²) >= 11 is 0. The van der Waals surface area contributed by atoms with Crippen LogP contribution in [0.25, 0.3) is 0 Å². The van der Waals surface area contributed by atoms with E-state index in [1.54, 1.807) is 18.2 Å². The van der Waals surface area contributed by atoms with Crippen molar-refractivity contribution in [1.82, 2.24) is 15.1 Å². The normalized spacial score (nSPS) is 19.4. The molecule has 4 rings (SSSR count). The van der Waals surface area contributed by atoms with Gasteiger partial charge in [0.25, 0.3) is 5.91 Å². The number of rotatable bonds is 3. The fourth-order valence-corrected chi connectivity index (χ4v) is 4.47. The number of benzene rings is 2. The fourth-order valence-electron chi connectivity index (χ4n) is 4.47. The molecule has 0 saturated carbocycles. The topological polar surface area (TPSA) is 35.6 Å². The molecule has 2 aliphatic rings. The van der Waals surface area contributed by atoms with Crippen LogP contribution in [0.3, 0.4) is 0 Å². The molecule has 2 aromatic carbocycles. The molecule has 160 valence electrons. The standard InChI is InChI=1S/C22H23F4N3O/c23-19-8-4-1-5-16(19)15-29-14-11-27-21(29)9-12-28(13-10-21)20(30)17-6-2-3-7-18(17)22(24,25)26/h1-8,27H,9-15H2. The van der Waals surface area contributed by atoms with E-state index >= 15 is 0 Å². The molecule has 4 nitrogen and oxygen atoms in total. The van der Waals surface area contributed by atoms with Crippen molar-refractivity contribution in [3.63, 3.8) is 0 Å². The van der Waals surface area contributed by atoms with Crippen molar-refractivity contribution >= 4 is 5.91 Å². The summed E-state index contributed by atoms with van der Waals surface area (Å²) in [5, 5.41) is 3.48. The third kappa shape index (κ3) is 3.94. The van der Waals surface area contributed by atoms with E-state index in [-0.39, 0.29) is 17.0 Å². The van der Waals surface area contributed by atoms with Crippen LogP contribution in [-0.4, -0.2) is 47.5 Å². The number of piperidine rings is 1. The maximum absolute atomic E-state index is 14.1. The first-order valence-electron chi connectivity index (χ1n) is 9.99. The van der Waals surface area contributed by atoms with E-state index in [0.29, 0.717) is 38.0 Å². The Hall–Kier alpha value is -2.45. The van der Waals surface area contributed by atoms with Crippen LogP contribution in [0, 0.1) is 5.82 Å². The molecule has 2 aliphatic heterocycles. The minimum absolute atomic E-state index is 0.254. The van der Waals surface area contributed by atoms with Gasteiger partial charge in [-0.1, -0.05) is 30.3 Å². The van der Waals surface area contributed by atoms with Gasteiger partial charge in [0.1, 0.15) is 5.82 Å². The predicted octanol–water partition coefficient (Wildman–Crippen LogP) is 3.88. The van der Waals surface area contributed by atoms with Crippen LogP contribution in [0.2, 0.25) is 0 Å². The second-order valence-electron chi connectivity index (χ2n) is 7.81. The van der Waals surface area contributed by atoms with Crippen molar-refractivity contribution in [1.29, 1.82) is 0 Å². The summed E-state index contributed by atoms with van der Waals surface area (Å²) in [7, 11) is 0. The van der Waals surface area contributed by atoms with Gasteiger partial charge in [0.05, 0.1) is 16.8 Å². The summed E-state index contributed by atoms with van der Waals surface area (Å²) in [4.78, 5) is 16.5. The Kier molecular flexibility index (Phi) is 5.55. The van der Waals surface area contributed by atoms with Crippen LogP contribution in [0.5, 0.6) is 0 Å². The minimum Gasteiger partial charge on any atom is -0.338 e. The first-order chi connectivity index (χ1) is 14.3. The fraction of sp³-hybridized carbons (Fsp3) is 0.409. The lowest BCUT2D eigenvalue weighted by Crippen LogP contribution is -2.58. The molecule has 0 aliphatic carbocycles. The molecule has 1 N–H and O–H groups in total. The molecule has 1 spiro atoms. The molecule has 0 unspecified atom stereocenters. The number of hydrogen-bond donors (Lipinski definition) is 1. The van der Waals surface area contributed by atoms with Crippen molar-refractivity contribution in [2.24, 2.45) is 0 Å². The van der Waals surface area contributed by atoms with Crippen molar-refractivity contribution in [2.75, 3.05) is 26.2 Å². The van der Waals surface area contributed by atoms with Gasteiger partial charge in [-0.05, 0) is 31.0 Å². The van der Waals surface area contributed by atoms with Gasteiger partial charge < -0.3 is 4.90 Å². The number of alkyl halides is 3. The van der Waals surface area contributed by atoms with Crippen LogP contribution in [0.4, 0.5) is 17.6 Å². The van der Waals surface area contributed by atoms with Crippen molar-refractivity contribution < 1.29 is 22.4 Å². The van der Waals surface area contributed by atoms with Gasteiger partial charge in [0, 0.05) is 38.3 Å². The van der Waals surface area contributed by atoms with Gasteiger partial charge in [0.2, 0.25) is 0 Å². The predicted molar refractivity (Wildman–Crippen MR) is 104 cm³/mol. The molecule has 0 radical (unpaired) electrons. The maximum Gasteiger partial charge on any atom is 0.417 e. The van der Waals surface area contributed by atoms with Crippen LogP contribution >= 0.6 is 0 Å². The zero-order valence-electron chi connectivity index (χ0n) is 16.4. The van der Waals surface area contributed by atoms with Gasteiger partial charge in [-0.25, -0.2) is 4.39 Å². The molecule has 2 aromatic rings. The van der Waals surface area contributed by atoms with Gasteiger partial charge >= 0.3 is 6.18 Å². The third-order valence-corrected chi connectivity index (χ3v) is 6.10. The Morgan fingerprint density at radius 3 is 2.37 bits per heavy atom. The van der Waals surface area contributed by atoms with Crippen molar-refractivity contribution in [3.8, 4) is 0 Å². The smallest absolute Gasteiger partial charge is 0.338 e. The summed E-state index contributed by atoms with van der Waals surface area (Å²) in [6.07, 6.45) is -3.43. The second kappa shape index (κ2) is 8.00. The number of amides is 1. The SMILES string of the molecule is O=C(c1ccccc1C(F)(F)F)N1CCC2(CC1)NCCN2Cc1ccccc1F. The lowest BCUT2D eigenvalue weighted by molar-refractivity contribution is -0.138. The molecule has 0 bridgehead atoms. The highest BCUT2D eigenvalue weighted by Crippen LogP contribution is 2.35. The molecular formula is C22H23F4N3O. The lowest BCUT2D eigenvalue weighted by Gasteiger charge is -2.45. The first kappa shape index (κ1) is 20.8.